The fourth-order valence-electron chi connectivity index (χ4n) is 1.76. The van der Waals surface area contributed by atoms with Gasteiger partial charge in [0.1, 0.15) is 11.6 Å². The van der Waals surface area contributed by atoms with Gasteiger partial charge in [0.15, 0.2) is 0 Å². The van der Waals surface area contributed by atoms with Crippen LogP contribution < -0.4 is 5.32 Å². The molecule has 0 aliphatic rings. The molecule has 1 aromatic carbocycles. The Hall–Kier alpha value is -0.520. The van der Waals surface area contributed by atoms with E-state index in [9.17, 15) is 8.78 Å². The molecule has 1 aromatic rings. The highest BCUT2D eigenvalue weighted by Crippen LogP contribution is 2.34. The van der Waals surface area contributed by atoms with Crippen molar-refractivity contribution in [3.05, 3.63) is 33.8 Å². The molecule has 2 nitrogen and oxygen atoms in total. The standard InChI is InChI=1S/C12H16BrF2NO/c1-12(2,17-4)11(16-3)9-8(14)6-5-7(13)10(9)15/h5-6,11,16H,1-4H3. The molecule has 5 heteroatoms. The second-order valence-corrected chi connectivity index (χ2v) is 5.14. The lowest BCUT2D eigenvalue weighted by atomic mass is 9.91. The number of likely N-dealkylation sites (N-methyl/N-ethyl adjacent to an activating group) is 1. The Morgan fingerprint density at radius 2 is 1.94 bits per heavy atom. The van der Waals surface area contributed by atoms with Gasteiger partial charge < -0.3 is 10.1 Å². The van der Waals surface area contributed by atoms with Crippen molar-refractivity contribution < 1.29 is 13.5 Å². The first-order chi connectivity index (χ1) is 7.85. The molecule has 17 heavy (non-hydrogen) atoms. The highest BCUT2D eigenvalue weighted by molar-refractivity contribution is 9.10. The van der Waals surface area contributed by atoms with E-state index < -0.39 is 23.3 Å². The summed E-state index contributed by atoms with van der Waals surface area (Å²) in [6.45, 7) is 3.54. The summed E-state index contributed by atoms with van der Waals surface area (Å²) < 4.78 is 33.3. The van der Waals surface area contributed by atoms with Gasteiger partial charge in [-0.25, -0.2) is 8.78 Å². The molecule has 0 radical (unpaired) electrons. The molecule has 0 saturated carbocycles. The van der Waals surface area contributed by atoms with Crippen LogP contribution >= 0.6 is 15.9 Å². The lowest BCUT2D eigenvalue weighted by molar-refractivity contribution is -0.0109. The van der Waals surface area contributed by atoms with E-state index in [-0.39, 0.29) is 10.0 Å². The van der Waals surface area contributed by atoms with E-state index in [4.69, 9.17) is 4.74 Å². The summed E-state index contributed by atoms with van der Waals surface area (Å²) in [6.07, 6.45) is 0. The molecule has 0 aliphatic carbocycles. The van der Waals surface area contributed by atoms with Crippen molar-refractivity contribution in [2.24, 2.45) is 0 Å². The highest BCUT2D eigenvalue weighted by atomic mass is 79.9. The normalized spacial score (nSPS) is 13.8. The Kier molecular flexibility index (Phi) is 4.63. The molecule has 1 unspecified atom stereocenters. The minimum absolute atomic E-state index is 0.0197. The van der Waals surface area contributed by atoms with Crippen LogP contribution in [-0.4, -0.2) is 19.8 Å². The summed E-state index contributed by atoms with van der Waals surface area (Å²) in [6, 6.07) is 2.00. The van der Waals surface area contributed by atoms with E-state index in [2.05, 4.69) is 21.2 Å². The van der Waals surface area contributed by atoms with Crippen molar-refractivity contribution in [2.45, 2.75) is 25.5 Å². The number of benzene rings is 1. The van der Waals surface area contributed by atoms with Crippen molar-refractivity contribution in [1.29, 1.82) is 0 Å². The third kappa shape index (κ3) is 2.84. The number of ether oxygens (including phenoxy) is 1. The van der Waals surface area contributed by atoms with Gasteiger partial charge in [0.2, 0.25) is 0 Å². The molecule has 0 aliphatic heterocycles. The number of hydrogen-bond donors (Lipinski definition) is 1. The molecule has 0 bridgehead atoms. The smallest absolute Gasteiger partial charge is 0.145 e. The number of nitrogens with one attached hydrogen (secondary N) is 1. The Morgan fingerprint density at radius 3 is 2.41 bits per heavy atom. The topological polar surface area (TPSA) is 21.3 Å². The minimum atomic E-state index is -0.725. The molecular weight excluding hydrogens is 292 g/mol. The monoisotopic (exact) mass is 307 g/mol. The van der Waals surface area contributed by atoms with E-state index >= 15 is 0 Å². The predicted octanol–water partition coefficient (Wildman–Crippen LogP) is 3.41. The van der Waals surface area contributed by atoms with Crippen LogP contribution in [0.4, 0.5) is 8.78 Å². The maximum Gasteiger partial charge on any atom is 0.145 e. The zero-order valence-corrected chi connectivity index (χ0v) is 11.9. The summed E-state index contributed by atoms with van der Waals surface area (Å²) in [5, 5.41) is 2.89. The zero-order chi connectivity index (χ0) is 13.2. The quantitative estimate of drug-likeness (QED) is 0.861. The van der Waals surface area contributed by atoms with Gasteiger partial charge in [0.05, 0.1) is 16.1 Å². The Balaban J connectivity index is 3.35. The van der Waals surface area contributed by atoms with Crippen LogP contribution in [0.15, 0.2) is 16.6 Å². The molecular formula is C12H16BrF2NO. The number of rotatable bonds is 4. The first-order valence-electron chi connectivity index (χ1n) is 5.21. The third-order valence-corrected chi connectivity index (χ3v) is 3.49. The molecule has 0 heterocycles. The van der Waals surface area contributed by atoms with E-state index in [0.29, 0.717) is 0 Å². The average Bonchev–Trinajstić information content (AvgIpc) is 2.29. The zero-order valence-electron chi connectivity index (χ0n) is 10.3. The molecule has 0 aromatic heterocycles. The van der Waals surface area contributed by atoms with Gasteiger partial charge in [-0.3, -0.25) is 0 Å². The van der Waals surface area contributed by atoms with Crippen LogP contribution in [0, 0.1) is 11.6 Å². The van der Waals surface area contributed by atoms with E-state index in [1.165, 1.54) is 19.2 Å². The van der Waals surface area contributed by atoms with Crippen LogP contribution in [0.5, 0.6) is 0 Å². The summed E-state index contributed by atoms with van der Waals surface area (Å²) in [7, 11) is 3.16. The van der Waals surface area contributed by atoms with E-state index in [1.807, 2.05) is 0 Å². The Bertz CT molecular complexity index is 410. The van der Waals surface area contributed by atoms with Crippen LogP contribution in [0.3, 0.4) is 0 Å². The van der Waals surface area contributed by atoms with E-state index in [1.54, 1.807) is 20.9 Å². The minimum Gasteiger partial charge on any atom is -0.377 e. The van der Waals surface area contributed by atoms with Crippen molar-refractivity contribution in [1.82, 2.24) is 5.32 Å². The van der Waals surface area contributed by atoms with Crippen molar-refractivity contribution >= 4 is 15.9 Å². The first kappa shape index (κ1) is 14.5. The van der Waals surface area contributed by atoms with Gasteiger partial charge in [-0.1, -0.05) is 0 Å². The molecule has 0 fully saturated rings. The van der Waals surface area contributed by atoms with Crippen LogP contribution in [0.2, 0.25) is 0 Å². The second-order valence-electron chi connectivity index (χ2n) is 4.29. The van der Waals surface area contributed by atoms with Gasteiger partial charge >= 0.3 is 0 Å². The van der Waals surface area contributed by atoms with Crippen molar-refractivity contribution in [3.8, 4) is 0 Å². The Morgan fingerprint density at radius 1 is 1.35 bits per heavy atom. The maximum absolute atomic E-state index is 14.0. The maximum atomic E-state index is 14.0. The summed E-state index contributed by atoms with van der Waals surface area (Å²) in [5.41, 5.74) is -0.745. The van der Waals surface area contributed by atoms with Crippen LogP contribution in [0.1, 0.15) is 25.5 Å². The predicted molar refractivity (Wildman–Crippen MR) is 66.9 cm³/mol. The van der Waals surface area contributed by atoms with Gasteiger partial charge in [0.25, 0.3) is 0 Å². The van der Waals surface area contributed by atoms with Gasteiger partial charge in [-0.05, 0) is 49.0 Å². The summed E-state index contributed by atoms with van der Waals surface area (Å²) in [4.78, 5) is 0. The molecule has 1 N–H and O–H groups in total. The molecule has 0 spiro atoms. The molecule has 1 rings (SSSR count). The fourth-order valence-corrected chi connectivity index (χ4v) is 2.11. The molecule has 1 atom stereocenters. The highest BCUT2D eigenvalue weighted by Gasteiger charge is 2.34. The molecule has 0 amide bonds. The van der Waals surface area contributed by atoms with Crippen LogP contribution in [0.25, 0.3) is 0 Å². The largest absolute Gasteiger partial charge is 0.377 e. The van der Waals surface area contributed by atoms with Crippen molar-refractivity contribution in [3.63, 3.8) is 0 Å². The fraction of sp³-hybridized carbons (Fsp3) is 0.500. The summed E-state index contributed by atoms with van der Waals surface area (Å²) in [5.74, 6) is -1.19. The van der Waals surface area contributed by atoms with E-state index in [0.717, 1.165) is 0 Å². The van der Waals surface area contributed by atoms with Gasteiger partial charge in [-0.15, -0.1) is 0 Å². The number of hydrogen-bond acceptors (Lipinski definition) is 2. The molecule has 96 valence electrons. The third-order valence-electron chi connectivity index (χ3n) is 2.88. The lowest BCUT2D eigenvalue weighted by Gasteiger charge is -2.33. The van der Waals surface area contributed by atoms with Crippen molar-refractivity contribution in [2.75, 3.05) is 14.2 Å². The second kappa shape index (κ2) is 5.42. The van der Waals surface area contributed by atoms with Gasteiger partial charge in [-0.2, -0.15) is 0 Å². The Labute approximate surface area is 108 Å². The lowest BCUT2D eigenvalue weighted by Crippen LogP contribution is -2.40. The average molecular weight is 308 g/mol. The van der Waals surface area contributed by atoms with Crippen LogP contribution in [-0.2, 0) is 4.74 Å². The van der Waals surface area contributed by atoms with Gasteiger partial charge in [0, 0.05) is 12.7 Å². The first-order valence-corrected chi connectivity index (χ1v) is 6.00. The number of halogens is 3. The number of methoxy groups -OCH3 is 1. The SMILES string of the molecule is CNC(c1c(F)ccc(Br)c1F)C(C)(C)OC. The summed E-state index contributed by atoms with van der Waals surface area (Å²) >= 11 is 3.06. The molecule has 0 saturated heterocycles.